The van der Waals surface area contributed by atoms with Crippen molar-refractivity contribution in [3.63, 3.8) is 0 Å². The van der Waals surface area contributed by atoms with Gasteiger partial charge in [0.2, 0.25) is 0 Å². The van der Waals surface area contributed by atoms with Crippen LogP contribution in [-0.4, -0.2) is 45.4 Å². The fourth-order valence-corrected chi connectivity index (χ4v) is 2.81. The summed E-state index contributed by atoms with van der Waals surface area (Å²) in [5.74, 6) is 0.690. The zero-order chi connectivity index (χ0) is 17.0. The van der Waals surface area contributed by atoms with E-state index in [4.69, 9.17) is 9.02 Å². The molecule has 1 saturated heterocycles. The summed E-state index contributed by atoms with van der Waals surface area (Å²) in [5, 5.41) is 1.74. The first-order chi connectivity index (χ1) is 9.99. The summed E-state index contributed by atoms with van der Waals surface area (Å²) >= 11 is 0. The van der Waals surface area contributed by atoms with E-state index in [1.54, 1.807) is 5.06 Å². The van der Waals surface area contributed by atoms with Crippen molar-refractivity contribution in [2.24, 2.45) is 17.3 Å². The predicted octanol–water partition coefficient (Wildman–Crippen LogP) is 2.21. The highest BCUT2D eigenvalue weighted by Crippen LogP contribution is 2.28. The van der Waals surface area contributed by atoms with Gasteiger partial charge in [-0.15, -0.1) is 5.06 Å². The van der Waals surface area contributed by atoms with Gasteiger partial charge >= 0.3 is 5.97 Å². The van der Waals surface area contributed by atoms with E-state index < -0.39 is 15.5 Å². The van der Waals surface area contributed by atoms with E-state index in [1.165, 1.54) is 0 Å². The molecule has 0 radical (unpaired) electrons. The van der Waals surface area contributed by atoms with Crippen molar-refractivity contribution in [2.45, 2.75) is 47.0 Å². The smallest absolute Gasteiger partial charge is 0.330 e. The van der Waals surface area contributed by atoms with E-state index in [1.807, 2.05) is 20.8 Å². The van der Waals surface area contributed by atoms with Crippen LogP contribution in [0.5, 0.6) is 0 Å². The zero-order valence-electron chi connectivity index (χ0n) is 14.3. The summed E-state index contributed by atoms with van der Waals surface area (Å²) < 4.78 is 26.7. The molecule has 6 nitrogen and oxygen atoms in total. The summed E-state index contributed by atoms with van der Waals surface area (Å²) in [4.78, 5) is 17.2. The average molecular weight is 335 g/mol. The van der Waals surface area contributed by atoms with Gasteiger partial charge in [0, 0.05) is 13.1 Å². The van der Waals surface area contributed by atoms with Crippen molar-refractivity contribution in [1.82, 2.24) is 5.06 Å². The Bertz CT molecular complexity index is 461. The third-order valence-corrected chi connectivity index (χ3v) is 4.59. The van der Waals surface area contributed by atoms with Gasteiger partial charge in [-0.1, -0.05) is 6.92 Å². The monoisotopic (exact) mass is 335 g/mol. The number of carbonyl (C=O) groups excluding carboxylic acids is 1. The number of nitrogens with zero attached hydrogens (tertiary/aromatic N) is 1. The molecule has 0 aromatic heterocycles. The summed E-state index contributed by atoms with van der Waals surface area (Å²) in [5.41, 5.74) is -0.493. The molecule has 0 spiro atoms. The largest absolute Gasteiger partial charge is 0.367 e. The fourth-order valence-electron chi connectivity index (χ4n) is 2.41. The Kier molecular flexibility index (Phi) is 6.83. The second-order valence-electron chi connectivity index (χ2n) is 7.19. The van der Waals surface area contributed by atoms with Crippen LogP contribution in [0.2, 0.25) is 0 Å². The van der Waals surface area contributed by atoms with Gasteiger partial charge in [-0.05, 0) is 51.9 Å². The minimum absolute atomic E-state index is 0.208. The van der Waals surface area contributed by atoms with Crippen molar-refractivity contribution in [2.75, 3.05) is 26.0 Å². The summed E-state index contributed by atoms with van der Waals surface area (Å²) in [6.07, 6.45) is 3.67. The van der Waals surface area contributed by atoms with Crippen molar-refractivity contribution >= 4 is 16.1 Å². The molecule has 1 rings (SSSR count). The number of hydrogen-bond acceptors (Lipinski definition) is 6. The van der Waals surface area contributed by atoms with Crippen LogP contribution < -0.4 is 0 Å². The van der Waals surface area contributed by atoms with Crippen LogP contribution in [0.3, 0.4) is 0 Å². The number of piperidine rings is 1. The summed E-state index contributed by atoms with van der Waals surface area (Å²) in [6.45, 7) is 9.32. The maximum absolute atomic E-state index is 11.8. The number of hydroxylamine groups is 2. The lowest BCUT2D eigenvalue weighted by atomic mass is 9.84. The highest BCUT2D eigenvalue weighted by molar-refractivity contribution is 7.85. The fraction of sp³-hybridized carbons (Fsp3) is 0.933. The molecule has 0 aliphatic carbocycles. The van der Waals surface area contributed by atoms with E-state index >= 15 is 0 Å². The zero-order valence-corrected chi connectivity index (χ0v) is 15.1. The van der Waals surface area contributed by atoms with Crippen LogP contribution in [0.15, 0.2) is 0 Å². The van der Waals surface area contributed by atoms with Crippen LogP contribution in [-0.2, 0) is 23.9 Å². The van der Waals surface area contributed by atoms with Gasteiger partial charge < -0.3 is 4.84 Å². The lowest BCUT2D eigenvalue weighted by molar-refractivity contribution is -0.206. The van der Waals surface area contributed by atoms with E-state index in [-0.39, 0.29) is 12.6 Å². The number of rotatable bonds is 6. The SMILES string of the molecule is C[C@H](CCOS(C)(=O)=O)C1CCN(OC(=O)C(C)(C)C)CC1. The molecule has 0 N–H and O–H groups in total. The van der Waals surface area contributed by atoms with Gasteiger partial charge in [0.1, 0.15) is 0 Å². The van der Waals surface area contributed by atoms with Crippen molar-refractivity contribution < 1.29 is 22.2 Å². The normalized spacial score (nSPS) is 19.9. The molecule has 1 aliphatic rings. The Morgan fingerprint density at radius 3 is 2.27 bits per heavy atom. The van der Waals surface area contributed by atoms with Crippen molar-refractivity contribution in [3.8, 4) is 0 Å². The molecule has 1 fully saturated rings. The van der Waals surface area contributed by atoms with Gasteiger partial charge in [0.15, 0.2) is 0 Å². The van der Waals surface area contributed by atoms with Crippen LogP contribution in [0.25, 0.3) is 0 Å². The van der Waals surface area contributed by atoms with Crippen LogP contribution in [0, 0.1) is 17.3 Å². The Morgan fingerprint density at radius 1 is 1.27 bits per heavy atom. The number of carbonyl (C=O) groups is 1. The maximum Gasteiger partial charge on any atom is 0.330 e. The highest BCUT2D eigenvalue weighted by atomic mass is 32.2. The Balaban J connectivity index is 2.31. The lowest BCUT2D eigenvalue weighted by Crippen LogP contribution is -2.40. The molecule has 0 unspecified atom stereocenters. The second kappa shape index (κ2) is 7.75. The molecule has 1 heterocycles. The Morgan fingerprint density at radius 2 is 1.82 bits per heavy atom. The molecular weight excluding hydrogens is 306 g/mol. The molecule has 0 saturated carbocycles. The summed E-state index contributed by atoms with van der Waals surface area (Å²) in [7, 11) is -3.35. The quantitative estimate of drug-likeness (QED) is 0.693. The van der Waals surface area contributed by atoms with E-state index in [9.17, 15) is 13.2 Å². The van der Waals surface area contributed by atoms with Gasteiger partial charge in [0.05, 0.1) is 18.3 Å². The average Bonchev–Trinajstić information content (AvgIpc) is 2.36. The van der Waals surface area contributed by atoms with Gasteiger partial charge in [0.25, 0.3) is 10.1 Å². The molecular formula is C15H29NO5S. The van der Waals surface area contributed by atoms with E-state index in [0.717, 1.165) is 38.6 Å². The Hall–Kier alpha value is -0.660. The molecule has 0 amide bonds. The first-order valence-electron chi connectivity index (χ1n) is 7.81. The van der Waals surface area contributed by atoms with Gasteiger partial charge in [-0.25, -0.2) is 4.79 Å². The molecule has 130 valence electrons. The first kappa shape index (κ1) is 19.4. The standard InChI is InChI=1S/C15H29NO5S/c1-12(8-11-20-22(5,18)19)13-6-9-16(10-7-13)21-14(17)15(2,3)4/h12-13H,6-11H2,1-5H3/t12-/m1/s1. The molecule has 0 aromatic rings. The predicted molar refractivity (Wildman–Crippen MR) is 84.4 cm³/mol. The van der Waals surface area contributed by atoms with Crippen LogP contribution >= 0.6 is 0 Å². The third kappa shape index (κ3) is 7.07. The molecule has 22 heavy (non-hydrogen) atoms. The highest BCUT2D eigenvalue weighted by Gasteiger charge is 2.29. The Labute approximate surface area is 134 Å². The summed E-state index contributed by atoms with van der Waals surface area (Å²) in [6, 6.07) is 0. The molecule has 7 heteroatoms. The van der Waals surface area contributed by atoms with Crippen LogP contribution in [0.1, 0.15) is 47.0 Å². The molecule has 0 bridgehead atoms. The second-order valence-corrected chi connectivity index (χ2v) is 8.83. The lowest BCUT2D eigenvalue weighted by Gasteiger charge is -2.34. The van der Waals surface area contributed by atoms with E-state index in [0.29, 0.717) is 11.8 Å². The van der Waals surface area contributed by atoms with E-state index in [2.05, 4.69) is 6.92 Å². The van der Waals surface area contributed by atoms with Gasteiger partial charge in [-0.2, -0.15) is 8.42 Å². The molecule has 0 aromatic carbocycles. The molecule has 1 aliphatic heterocycles. The van der Waals surface area contributed by atoms with Crippen LogP contribution in [0.4, 0.5) is 0 Å². The maximum atomic E-state index is 11.8. The third-order valence-electron chi connectivity index (χ3n) is 4.00. The molecule has 1 atom stereocenters. The van der Waals surface area contributed by atoms with Crippen molar-refractivity contribution in [1.29, 1.82) is 0 Å². The first-order valence-corrected chi connectivity index (χ1v) is 9.62. The topological polar surface area (TPSA) is 72.9 Å². The number of hydrogen-bond donors (Lipinski definition) is 0. The van der Waals surface area contributed by atoms with Crippen molar-refractivity contribution in [3.05, 3.63) is 0 Å². The minimum Gasteiger partial charge on any atom is -0.367 e. The minimum atomic E-state index is -3.35. The van der Waals surface area contributed by atoms with Gasteiger partial charge in [-0.3, -0.25) is 4.18 Å².